The number of esters is 5. The monoisotopic (exact) mass is 660 g/mol. The molecule has 0 aromatic rings. The Labute approximate surface area is 264 Å². The van der Waals surface area contributed by atoms with Crippen molar-refractivity contribution in [3.05, 3.63) is 10.4 Å². The van der Waals surface area contributed by atoms with Crippen molar-refractivity contribution in [2.45, 2.75) is 102 Å². The standard InChI is InChI=1S/C27H40N4O15/c1-15(32)41-14-21(36)30-23-19(43-16(2)33)12-27(26(39)40-5,42-11-9-7-6-8-10-22(37)38)46-25(23)24(45-18(4)35)20(13-29-31-28)44-17(3)34/h19-20,23-25H,6-14H2,1-5H3,(H,30,36)(H,37,38)/t19-,20+,23+,24+,25+,27+/m0/s1. The molecule has 0 radical (unpaired) electrons. The summed E-state index contributed by atoms with van der Waals surface area (Å²) in [6.07, 6.45) is -5.28. The Kier molecular flexibility index (Phi) is 17.0. The van der Waals surface area contributed by atoms with Crippen molar-refractivity contribution < 1.29 is 71.8 Å². The zero-order chi connectivity index (χ0) is 34.9. The third-order valence-corrected chi connectivity index (χ3v) is 6.35. The third kappa shape index (κ3) is 13.7. The van der Waals surface area contributed by atoms with Gasteiger partial charge in [-0.25, -0.2) is 4.79 Å². The van der Waals surface area contributed by atoms with Crippen molar-refractivity contribution in [1.82, 2.24) is 5.32 Å². The van der Waals surface area contributed by atoms with Gasteiger partial charge in [0.25, 0.3) is 11.7 Å². The number of methoxy groups -OCH3 is 1. The van der Waals surface area contributed by atoms with Gasteiger partial charge in [0.15, 0.2) is 12.7 Å². The minimum Gasteiger partial charge on any atom is -0.481 e. The van der Waals surface area contributed by atoms with Crippen molar-refractivity contribution in [1.29, 1.82) is 0 Å². The fraction of sp³-hybridized carbons (Fsp3) is 0.741. The number of azide groups is 1. The van der Waals surface area contributed by atoms with E-state index in [9.17, 15) is 33.6 Å². The Morgan fingerprint density at radius 2 is 1.63 bits per heavy atom. The first-order valence-electron chi connectivity index (χ1n) is 14.2. The zero-order valence-electron chi connectivity index (χ0n) is 26.3. The molecule has 0 saturated carbocycles. The van der Waals surface area contributed by atoms with E-state index in [1.54, 1.807) is 0 Å². The lowest BCUT2D eigenvalue weighted by Gasteiger charge is -2.48. The van der Waals surface area contributed by atoms with Gasteiger partial charge < -0.3 is 43.6 Å². The van der Waals surface area contributed by atoms with Gasteiger partial charge in [-0.3, -0.25) is 28.8 Å². The molecule has 1 rings (SSSR count). The lowest BCUT2D eigenvalue weighted by Crippen LogP contribution is -2.69. The molecule has 1 amide bonds. The Balaban J connectivity index is 3.70. The van der Waals surface area contributed by atoms with Crippen LogP contribution < -0.4 is 5.32 Å². The van der Waals surface area contributed by atoms with Crippen molar-refractivity contribution >= 4 is 41.7 Å². The molecule has 1 fully saturated rings. The second-order valence-corrected chi connectivity index (χ2v) is 10.1. The lowest BCUT2D eigenvalue weighted by atomic mass is 9.87. The van der Waals surface area contributed by atoms with Crippen molar-refractivity contribution in [3.8, 4) is 0 Å². The van der Waals surface area contributed by atoms with Crippen LogP contribution in [0.2, 0.25) is 0 Å². The number of rotatable bonds is 19. The summed E-state index contributed by atoms with van der Waals surface area (Å²) < 4.78 is 37.9. The fourth-order valence-electron chi connectivity index (χ4n) is 4.61. The minimum absolute atomic E-state index is 0.0245. The summed E-state index contributed by atoms with van der Waals surface area (Å²) in [7, 11) is 1.03. The van der Waals surface area contributed by atoms with E-state index in [1.807, 2.05) is 0 Å². The van der Waals surface area contributed by atoms with Gasteiger partial charge in [-0.15, -0.1) is 0 Å². The zero-order valence-corrected chi connectivity index (χ0v) is 26.3. The molecule has 2 N–H and O–H groups in total. The topological polar surface area (TPSA) is 265 Å². The SMILES string of the molecule is COC(=O)[C@@]1(OCCCCCCC(=O)O)C[C@H](OC(C)=O)[C@@H](NC(=O)COC(C)=O)[C@H]([C@H](OC(C)=O)[C@@H](CN=[N+]=[N-])OC(C)=O)O1. The number of ether oxygens (including phenoxy) is 7. The van der Waals surface area contributed by atoms with Crippen LogP contribution in [0.25, 0.3) is 10.4 Å². The molecule has 0 spiro atoms. The van der Waals surface area contributed by atoms with E-state index in [4.69, 9.17) is 43.8 Å². The number of hydrogen-bond acceptors (Lipinski definition) is 15. The van der Waals surface area contributed by atoms with Gasteiger partial charge in [-0.1, -0.05) is 18.0 Å². The van der Waals surface area contributed by atoms with E-state index in [2.05, 4.69) is 15.3 Å². The molecule has 0 aromatic carbocycles. The minimum atomic E-state index is -2.35. The fourth-order valence-corrected chi connectivity index (χ4v) is 4.61. The van der Waals surface area contributed by atoms with Gasteiger partial charge in [0, 0.05) is 39.0 Å². The van der Waals surface area contributed by atoms with E-state index >= 15 is 0 Å². The van der Waals surface area contributed by atoms with Crippen molar-refractivity contribution in [2.24, 2.45) is 5.11 Å². The predicted octanol–water partition coefficient (Wildman–Crippen LogP) is 0.850. The summed E-state index contributed by atoms with van der Waals surface area (Å²) in [6, 6.07) is -1.47. The normalized spacial score (nSPS) is 21.7. The first-order chi connectivity index (χ1) is 21.6. The number of nitrogens with one attached hydrogen (secondary N) is 1. The summed E-state index contributed by atoms with van der Waals surface area (Å²) >= 11 is 0. The maximum atomic E-state index is 13.3. The predicted molar refractivity (Wildman–Crippen MR) is 150 cm³/mol. The number of carboxylic acid groups (broad SMARTS) is 1. The summed E-state index contributed by atoms with van der Waals surface area (Å²) in [5.41, 5.74) is 8.94. The molecule has 0 bridgehead atoms. The number of hydrogen-bond donors (Lipinski definition) is 2. The number of carboxylic acids is 1. The van der Waals surface area contributed by atoms with Crippen LogP contribution in [0.5, 0.6) is 0 Å². The van der Waals surface area contributed by atoms with Crippen LogP contribution in [0.3, 0.4) is 0 Å². The summed E-state index contributed by atoms with van der Waals surface area (Å²) in [6.45, 7) is 2.60. The van der Waals surface area contributed by atoms with Crippen LogP contribution in [-0.2, 0) is 66.7 Å². The average molecular weight is 661 g/mol. The Morgan fingerprint density at radius 1 is 0.978 bits per heavy atom. The van der Waals surface area contributed by atoms with Gasteiger partial charge in [0.1, 0.15) is 18.3 Å². The average Bonchev–Trinajstić information content (AvgIpc) is 2.96. The van der Waals surface area contributed by atoms with E-state index in [1.165, 1.54) is 0 Å². The second kappa shape index (κ2) is 19.8. The first kappa shape index (κ1) is 39.5. The summed E-state index contributed by atoms with van der Waals surface area (Å²) in [5, 5.41) is 14.7. The van der Waals surface area contributed by atoms with Gasteiger partial charge in [0.05, 0.1) is 32.7 Å². The molecule has 1 aliphatic rings. The van der Waals surface area contributed by atoms with Crippen LogP contribution >= 0.6 is 0 Å². The number of nitrogens with zero attached hydrogens (tertiary/aromatic N) is 3. The first-order valence-corrected chi connectivity index (χ1v) is 14.2. The molecule has 19 heteroatoms. The maximum absolute atomic E-state index is 13.3. The van der Waals surface area contributed by atoms with Gasteiger partial charge in [-0.2, -0.15) is 0 Å². The quantitative estimate of drug-likeness (QED) is 0.0485. The van der Waals surface area contributed by atoms with E-state index < -0.39 is 97.5 Å². The molecule has 0 aromatic heterocycles. The molecule has 19 nitrogen and oxygen atoms in total. The van der Waals surface area contributed by atoms with E-state index in [0.29, 0.717) is 25.7 Å². The molecular weight excluding hydrogens is 620 g/mol. The number of unbranched alkanes of at least 4 members (excludes halogenated alkanes) is 3. The highest BCUT2D eigenvalue weighted by molar-refractivity contribution is 5.81. The number of aliphatic carboxylic acids is 1. The number of carbonyl (C=O) groups excluding carboxylic acids is 6. The molecule has 6 atom stereocenters. The van der Waals surface area contributed by atoms with Gasteiger partial charge in [-0.05, 0) is 18.4 Å². The van der Waals surface area contributed by atoms with Crippen LogP contribution in [0.4, 0.5) is 0 Å². The Hall–Kier alpha value is -4.48. The smallest absolute Gasteiger partial charge is 0.366 e. The van der Waals surface area contributed by atoms with Crippen LogP contribution in [-0.4, -0.2) is 110 Å². The van der Waals surface area contributed by atoms with E-state index in [-0.39, 0.29) is 13.0 Å². The highest BCUT2D eigenvalue weighted by atomic mass is 16.7. The molecular formula is C27H40N4O15. The highest BCUT2D eigenvalue weighted by Gasteiger charge is 2.59. The van der Waals surface area contributed by atoms with Crippen molar-refractivity contribution in [2.75, 3.05) is 26.9 Å². The lowest BCUT2D eigenvalue weighted by molar-refractivity contribution is -0.313. The van der Waals surface area contributed by atoms with Crippen LogP contribution in [0, 0.1) is 0 Å². The molecule has 1 saturated heterocycles. The molecule has 1 heterocycles. The Bertz CT molecular complexity index is 1150. The summed E-state index contributed by atoms with van der Waals surface area (Å²) in [5.74, 6) is -8.81. The largest absolute Gasteiger partial charge is 0.481 e. The number of carbonyl (C=O) groups is 7. The molecule has 0 unspecified atom stereocenters. The molecule has 258 valence electrons. The third-order valence-electron chi connectivity index (χ3n) is 6.35. The van der Waals surface area contributed by atoms with Crippen molar-refractivity contribution in [3.63, 3.8) is 0 Å². The maximum Gasteiger partial charge on any atom is 0.366 e. The number of amides is 1. The van der Waals surface area contributed by atoms with Gasteiger partial charge in [0.2, 0.25) is 0 Å². The van der Waals surface area contributed by atoms with Crippen LogP contribution in [0.15, 0.2) is 5.11 Å². The molecule has 1 aliphatic heterocycles. The highest BCUT2D eigenvalue weighted by Crippen LogP contribution is 2.37. The second-order valence-electron chi connectivity index (χ2n) is 10.1. The Morgan fingerprint density at radius 3 is 2.17 bits per heavy atom. The summed E-state index contributed by atoms with van der Waals surface area (Å²) in [4.78, 5) is 87.4. The molecule has 46 heavy (non-hydrogen) atoms. The van der Waals surface area contributed by atoms with Gasteiger partial charge >= 0.3 is 35.8 Å². The van der Waals surface area contributed by atoms with E-state index in [0.717, 1.165) is 34.8 Å². The molecule has 0 aliphatic carbocycles. The van der Waals surface area contributed by atoms with Crippen LogP contribution in [0.1, 0.15) is 66.2 Å².